The molecule has 7 unspecified atom stereocenters. The van der Waals surface area contributed by atoms with Gasteiger partial charge in [-0.05, 0) is 0 Å². The summed E-state index contributed by atoms with van der Waals surface area (Å²) in [6.45, 7) is -1.41. The van der Waals surface area contributed by atoms with Crippen molar-refractivity contribution in [2.75, 3.05) is 12.4 Å². The SMILES string of the molecule is O=S(=O)([O-])CC(F)C(F)C(F)C(F)C(F)C(F)C(F)CCF.[Li+]. The molecule has 0 amide bonds. The first kappa shape index (κ1) is 25.2. The maximum Gasteiger partial charge on any atom is 1.00 e. The zero-order valence-corrected chi connectivity index (χ0v) is 12.6. The van der Waals surface area contributed by atoms with Gasteiger partial charge >= 0.3 is 18.9 Å². The fraction of sp³-hybridized carbons (Fsp3) is 1.00. The van der Waals surface area contributed by atoms with Gasteiger partial charge in [-0.15, -0.1) is 0 Å². The molecule has 0 N–H and O–H groups in total. The van der Waals surface area contributed by atoms with Crippen LogP contribution in [0.1, 0.15) is 6.42 Å². The van der Waals surface area contributed by atoms with Crippen LogP contribution in [0.3, 0.4) is 0 Å². The first-order valence-corrected chi connectivity index (χ1v) is 7.48. The third kappa shape index (κ3) is 8.56. The molecule has 0 aliphatic rings. The van der Waals surface area contributed by atoms with Crippen LogP contribution in [0.4, 0.5) is 35.1 Å². The largest absolute Gasteiger partial charge is 1.00 e. The molecule has 23 heavy (non-hydrogen) atoms. The topological polar surface area (TPSA) is 57.2 Å². The van der Waals surface area contributed by atoms with Gasteiger partial charge in [-0.25, -0.2) is 39.2 Å². The molecule has 0 aliphatic heterocycles. The van der Waals surface area contributed by atoms with E-state index >= 15 is 0 Å². The standard InChI is InChI=1S/C10H14F8O3S.Li/c11-2-1-4(12)6(14)8(16)10(18)9(17)7(15)5(13)3-22(19,20)21;/h4-10H,1-3H2,(H,19,20,21);/q;+1/p-1. The van der Waals surface area contributed by atoms with Crippen LogP contribution in [0.15, 0.2) is 0 Å². The van der Waals surface area contributed by atoms with Gasteiger partial charge in [0.05, 0.1) is 22.5 Å². The van der Waals surface area contributed by atoms with Crippen molar-refractivity contribution in [2.45, 2.75) is 49.6 Å². The van der Waals surface area contributed by atoms with Gasteiger partial charge in [-0.2, -0.15) is 0 Å². The molecule has 0 radical (unpaired) electrons. The van der Waals surface area contributed by atoms with Gasteiger partial charge in [-0.1, -0.05) is 0 Å². The summed E-state index contributed by atoms with van der Waals surface area (Å²) >= 11 is 0. The minimum Gasteiger partial charge on any atom is -0.748 e. The summed E-state index contributed by atoms with van der Waals surface area (Å²) in [5.74, 6) is -2.04. The summed E-state index contributed by atoms with van der Waals surface area (Å²) in [6, 6.07) is 0. The van der Waals surface area contributed by atoms with E-state index < -0.39 is 72.2 Å². The Hall–Kier alpha value is -0.0526. The van der Waals surface area contributed by atoms with Gasteiger partial charge in [0.25, 0.3) is 0 Å². The number of hydrogen-bond donors (Lipinski definition) is 0. The first-order valence-electron chi connectivity index (χ1n) is 5.90. The second-order valence-corrected chi connectivity index (χ2v) is 5.90. The predicted octanol–water partition coefficient (Wildman–Crippen LogP) is -0.738. The first-order chi connectivity index (χ1) is 9.92. The summed E-state index contributed by atoms with van der Waals surface area (Å²) in [4.78, 5) is 0. The number of alkyl halides is 8. The zero-order valence-electron chi connectivity index (χ0n) is 11.8. The Bertz CT molecular complexity index is 428. The minimum absolute atomic E-state index is 0. The maximum absolute atomic E-state index is 13.2. The van der Waals surface area contributed by atoms with E-state index in [4.69, 9.17) is 0 Å². The van der Waals surface area contributed by atoms with Crippen LogP contribution in [0.2, 0.25) is 0 Å². The molecule has 0 rings (SSSR count). The van der Waals surface area contributed by atoms with E-state index in [-0.39, 0.29) is 18.9 Å². The Balaban J connectivity index is 0. The number of halogens is 8. The van der Waals surface area contributed by atoms with E-state index in [2.05, 4.69) is 0 Å². The van der Waals surface area contributed by atoms with Crippen molar-refractivity contribution in [3.63, 3.8) is 0 Å². The van der Waals surface area contributed by atoms with Crippen LogP contribution in [0.25, 0.3) is 0 Å². The average Bonchev–Trinajstić information content (AvgIpc) is 2.41. The molecule has 0 saturated carbocycles. The molecule has 3 nitrogen and oxygen atoms in total. The number of hydrogen-bond acceptors (Lipinski definition) is 3. The second-order valence-electron chi connectivity index (χ2n) is 4.46. The van der Waals surface area contributed by atoms with Crippen LogP contribution in [-0.4, -0.2) is 68.6 Å². The van der Waals surface area contributed by atoms with Crippen molar-refractivity contribution in [1.82, 2.24) is 0 Å². The normalized spacial score (nSPS) is 21.4. The molecule has 134 valence electrons. The van der Waals surface area contributed by atoms with E-state index in [1.54, 1.807) is 0 Å². The second kappa shape index (κ2) is 10.7. The molecule has 0 aromatic rings. The molecule has 0 aromatic carbocycles. The molecule has 0 fully saturated rings. The summed E-state index contributed by atoms with van der Waals surface area (Å²) < 4.78 is 134. The van der Waals surface area contributed by atoms with Crippen molar-refractivity contribution >= 4 is 10.1 Å². The fourth-order valence-electron chi connectivity index (χ4n) is 1.48. The van der Waals surface area contributed by atoms with Crippen LogP contribution in [0.5, 0.6) is 0 Å². The Morgan fingerprint density at radius 3 is 1.43 bits per heavy atom. The van der Waals surface area contributed by atoms with E-state index in [9.17, 15) is 48.1 Å². The van der Waals surface area contributed by atoms with E-state index in [0.717, 1.165) is 0 Å². The van der Waals surface area contributed by atoms with Crippen LogP contribution in [-0.2, 0) is 10.1 Å². The molecular weight excluding hydrogens is 359 g/mol. The van der Waals surface area contributed by atoms with E-state index in [1.807, 2.05) is 0 Å². The van der Waals surface area contributed by atoms with Gasteiger partial charge in [0, 0.05) is 6.42 Å². The molecule has 0 spiro atoms. The average molecular weight is 372 g/mol. The third-order valence-electron chi connectivity index (χ3n) is 2.66. The fourth-order valence-corrected chi connectivity index (χ4v) is 2.05. The monoisotopic (exact) mass is 372 g/mol. The Morgan fingerprint density at radius 1 is 0.739 bits per heavy atom. The molecular formula is C10H13F8LiO3S. The van der Waals surface area contributed by atoms with Gasteiger partial charge in [0.2, 0.25) is 0 Å². The summed E-state index contributed by atoms with van der Waals surface area (Å²) in [6.07, 6.45) is -25.1. The predicted molar refractivity (Wildman–Crippen MR) is 59.4 cm³/mol. The molecule has 0 aromatic heterocycles. The van der Waals surface area contributed by atoms with Crippen LogP contribution < -0.4 is 18.9 Å². The molecule has 0 heterocycles. The van der Waals surface area contributed by atoms with Crippen molar-refractivity contribution in [1.29, 1.82) is 0 Å². The minimum atomic E-state index is -5.31. The van der Waals surface area contributed by atoms with Crippen LogP contribution >= 0.6 is 0 Å². The summed E-state index contributed by atoms with van der Waals surface area (Å²) in [5.41, 5.74) is 0. The van der Waals surface area contributed by atoms with Gasteiger partial charge in [0.15, 0.2) is 30.9 Å². The molecule has 0 aliphatic carbocycles. The molecule has 13 heteroatoms. The quantitative estimate of drug-likeness (QED) is 0.289. The molecule has 7 atom stereocenters. The van der Waals surface area contributed by atoms with Crippen molar-refractivity contribution in [2.24, 2.45) is 0 Å². The van der Waals surface area contributed by atoms with Crippen molar-refractivity contribution in [3.8, 4) is 0 Å². The third-order valence-corrected chi connectivity index (χ3v) is 3.38. The summed E-state index contributed by atoms with van der Waals surface area (Å²) in [7, 11) is -5.31. The molecule has 0 bridgehead atoms. The van der Waals surface area contributed by atoms with E-state index in [0.29, 0.717) is 0 Å². The van der Waals surface area contributed by atoms with E-state index in [1.165, 1.54) is 0 Å². The van der Waals surface area contributed by atoms with Gasteiger partial charge in [0.1, 0.15) is 12.3 Å². The molecule has 0 saturated heterocycles. The Labute approximate surface area is 139 Å². The smallest absolute Gasteiger partial charge is 0.748 e. The Morgan fingerprint density at radius 2 is 1.09 bits per heavy atom. The number of rotatable bonds is 10. The van der Waals surface area contributed by atoms with Gasteiger partial charge in [-0.3, -0.25) is 4.39 Å². The maximum atomic E-state index is 13.2. The Kier molecular flexibility index (Phi) is 11.8. The van der Waals surface area contributed by atoms with Gasteiger partial charge < -0.3 is 4.55 Å². The van der Waals surface area contributed by atoms with Crippen molar-refractivity contribution in [3.05, 3.63) is 0 Å². The summed E-state index contributed by atoms with van der Waals surface area (Å²) in [5, 5.41) is 0. The van der Waals surface area contributed by atoms with Crippen molar-refractivity contribution < 1.29 is 67.0 Å². The van der Waals surface area contributed by atoms with Crippen LogP contribution in [0, 0.1) is 0 Å². The zero-order chi connectivity index (χ0) is 17.7.